The highest BCUT2D eigenvalue weighted by Crippen LogP contribution is 2.41. The second-order valence-corrected chi connectivity index (χ2v) is 9.86. The highest BCUT2D eigenvalue weighted by molar-refractivity contribution is 7.17. The first-order valence-electron chi connectivity index (χ1n) is 8.75. The molecule has 1 amide bonds. The zero-order valence-corrected chi connectivity index (χ0v) is 17.0. The predicted molar refractivity (Wildman–Crippen MR) is 107 cm³/mol. The van der Waals surface area contributed by atoms with E-state index >= 15 is 0 Å². The number of aryl methyl sites for hydroxylation is 1. The van der Waals surface area contributed by atoms with Gasteiger partial charge in [0.25, 0.3) is 5.91 Å². The van der Waals surface area contributed by atoms with Crippen LogP contribution in [0.15, 0.2) is 23.6 Å². The quantitative estimate of drug-likeness (QED) is 0.665. The molecule has 0 spiro atoms. The van der Waals surface area contributed by atoms with Gasteiger partial charge in [0.2, 0.25) is 0 Å². The van der Waals surface area contributed by atoms with Gasteiger partial charge in [0.05, 0.1) is 16.1 Å². The minimum Gasteiger partial charge on any atom is -0.296 e. The average Bonchev–Trinajstić information content (AvgIpc) is 2.99. The van der Waals surface area contributed by atoms with Crippen molar-refractivity contribution in [3.8, 4) is 10.6 Å². The van der Waals surface area contributed by atoms with Gasteiger partial charge in [0, 0.05) is 21.9 Å². The Labute approximate surface area is 161 Å². The van der Waals surface area contributed by atoms with E-state index in [0.29, 0.717) is 16.7 Å². The highest BCUT2D eigenvalue weighted by atomic mass is 32.1. The van der Waals surface area contributed by atoms with Gasteiger partial charge in [-0.3, -0.25) is 14.8 Å². The third kappa shape index (κ3) is 3.46. The largest absolute Gasteiger partial charge is 0.296 e. The van der Waals surface area contributed by atoms with Gasteiger partial charge in [-0.15, -0.1) is 22.7 Å². The van der Waals surface area contributed by atoms with Crippen LogP contribution in [0.1, 0.15) is 60.6 Å². The Balaban J connectivity index is 1.54. The molecule has 3 heterocycles. The highest BCUT2D eigenvalue weighted by Gasteiger charge is 2.32. The van der Waals surface area contributed by atoms with Crippen molar-refractivity contribution in [2.24, 2.45) is 0 Å². The number of aromatic nitrogens is 3. The van der Waals surface area contributed by atoms with Crippen molar-refractivity contribution in [3.63, 3.8) is 0 Å². The first-order valence-corrected chi connectivity index (χ1v) is 10.4. The van der Waals surface area contributed by atoms with Crippen LogP contribution in [0.4, 0.5) is 5.13 Å². The number of hydrogen-bond acceptors (Lipinski definition) is 5. The monoisotopic (exact) mass is 386 g/mol. The van der Waals surface area contributed by atoms with Crippen molar-refractivity contribution in [1.29, 1.82) is 0 Å². The average molecular weight is 387 g/mol. The van der Waals surface area contributed by atoms with Crippen molar-refractivity contribution < 1.29 is 4.79 Å². The van der Waals surface area contributed by atoms with Crippen LogP contribution in [-0.4, -0.2) is 20.7 Å². The molecule has 136 valence electrons. The Hall–Kier alpha value is -1.99. The lowest BCUT2D eigenvalue weighted by Gasteiger charge is -2.22. The number of rotatable bonds is 4. The van der Waals surface area contributed by atoms with Crippen molar-refractivity contribution >= 4 is 33.7 Å². The Morgan fingerprint density at radius 3 is 2.69 bits per heavy atom. The molecule has 0 bridgehead atoms. The minimum absolute atomic E-state index is 0.137. The fraction of sp³-hybridized carbons (Fsp3) is 0.421. The molecule has 0 aliphatic heterocycles. The van der Waals surface area contributed by atoms with E-state index in [-0.39, 0.29) is 11.4 Å². The number of thiophene rings is 1. The van der Waals surface area contributed by atoms with Crippen LogP contribution in [0.25, 0.3) is 10.6 Å². The van der Waals surface area contributed by atoms with Crippen molar-refractivity contribution in [2.75, 3.05) is 5.32 Å². The van der Waals surface area contributed by atoms with E-state index in [9.17, 15) is 4.79 Å². The van der Waals surface area contributed by atoms with Gasteiger partial charge >= 0.3 is 0 Å². The molecule has 0 unspecified atom stereocenters. The van der Waals surface area contributed by atoms with E-state index in [1.165, 1.54) is 29.1 Å². The summed E-state index contributed by atoms with van der Waals surface area (Å²) in [5.74, 6) is 0.343. The third-order valence-electron chi connectivity index (χ3n) is 4.32. The Bertz CT molecular complexity index is 957. The summed E-state index contributed by atoms with van der Waals surface area (Å²) in [5.41, 5.74) is 2.39. The second-order valence-electron chi connectivity index (χ2n) is 7.71. The number of nitrogens with zero attached hydrogens (tertiary/aromatic N) is 3. The molecule has 3 aromatic rings. The maximum absolute atomic E-state index is 12.7. The maximum atomic E-state index is 12.7. The lowest BCUT2D eigenvalue weighted by molar-refractivity contribution is 0.102. The van der Waals surface area contributed by atoms with E-state index in [4.69, 9.17) is 0 Å². The molecule has 1 saturated carbocycles. The van der Waals surface area contributed by atoms with Gasteiger partial charge < -0.3 is 0 Å². The fourth-order valence-corrected chi connectivity index (χ4v) is 4.50. The maximum Gasteiger partial charge on any atom is 0.277 e. The number of anilines is 1. The molecule has 0 saturated heterocycles. The first-order chi connectivity index (χ1) is 12.3. The summed E-state index contributed by atoms with van der Waals surface area (Å²) in [7, 11) is 0. The van der Waals surface area contributed by atoms with Crippen LogP contribution in [0.2, 0.25) is 0 Å². The van der Waals surface area contributed by atoms with Crippen LogP contribution in [-0.2, 0) is 5.54 Å². The molecule has 3 aromatic heterocycles. The van der Waals surface area contributed by atoms with E-state index < -0.39 is 0 Å². The van der Waals surface area contributed by atoms with Crippen LogP contribution in [0.3, 0.4) is 0 Å². The fourth-order valence-electron chi connectivity index (χ4n) is 2.89. The van der Waals surface area contributed by atoms with E-state index in [1.807, 2.05) is 16.1 Å². The molecule has 4 rings (SSSR count). The molecule has 0 radical (unpaired) electrons. The number of hydrogen-bond donors (Lipinski definition) is 1. The summed E-state index contributed by atoms with van der Waals surface area (Å²) < 4.78 is 2.00. The second kappa shape index (κ2) is 6.32. The number of carbonyl (C=O) groups is 1. The van der Waals surface area contributed by atoms with Crippen LogP contribution < -0.4 is 5.32 Å². The van der Waals surface area contributed by atoms with E-state index in [0.717, 1.165) is 16.3 Å². The molecule has 0 aromatic carbocycles. The molecule has 1 aliphatic carbocycles. The minimum atomic E-state index is -0.196. The van der Waals surface area contributed by atoms with Gasteiger partial charge in [-0.05, 0) is 58.7 Å². The van der Waals surface area contributed by atoms with E-state index in [2.05, 4.69) is 55.2 Å². The Kier molecular flexibility index (Phi) is 4.23. The summed E-state index contributed by atoms with van der Waals surface area (Å²) in [6.45, 7) is 8.42. The molecular weight excluding hydrogens is 364 g/mol. The third-order valence-corrected chi connectivity index (χ3v) is 6.10. The number of amides is 1. The smallest absolute Gasteiger partial charge is 0.277 e. The molecule has 1 N–H and O–H groups in total. The van der Waals surface area contributed by atoms with Gasteiger partial charge in [0.1, 0.15) is 0 Å². The molecular formula is C19H22N4OS2. The number of thiazole rings is 1. The number of carbonyl (C=O) groups excluding carboxylic acids is 1. The van der Waals surface area contributed by atoms with E-state index in [1.54, 1.807) is 11.3 Å². The van der Waals surface area contributed by atoms with Crippen molar-refractivity contribution in [1.82, 2.24) is 14.8 Å². The molecule has 26 heavy (non-hydrogen) atoms. The standard InChI is InChI=1S/C19H22N4OS2/c1-11-5-8-16(26-11)14-10-25-18(20-14)21-17(24)13-9-15(12-6-7-12)23(22-13)19(2,3)4/h5,8-10,12H,6-7H2,1-4H3,(H,20,21,24). The Morgan fingerprint density at radius 2 is 2.08 bits per heavy atom. The zero-order chi connectivity index (χ0) is 18.5. The predicted octanol–water partition coefficient (Wildman–Crippen LogP) is 5.26. The molecule has 5 nitrogen and oxygen atoms in total. The van der Waals surface area contributed by atoms with Crippen molar-refractivity contribution in [2.45, 2.75) is 52.0 Å². The van der Waals surface area contributed by atoms with Gasteiger partial charge in [-0.1, -0.05) is 0 Å². The van der Waals surface area contributed by atoms with Gasteiger partial charge in [-0.25, -0.2) is 4.98 Å². The molecule has 0 atom stereocenters. The first kappa shape index (κ1) is 17.4. The summed E-state index contributed by atoms with van der Waals surface area (Å²) in [6, 6.07) is 6.08. The summed E-state index contributed by atoms with van der Waals surface area (Å²) >= 11 is 3.14. The van der Waals surface area contributed by atoms with Crippen LogP contribution >= 0.6 is 22.7 Å². The lowest BCUT2D eigenvalue weighted by Crippen LogP contribution is -2.25. The van der Waals surface area contributed by atoms with Gasteiger partial charge in [-0.2, -0.15) is 5.10 Å². The summed E-state index contributed by atoms with van der Waals surface area (Å²) in [4.78, 5) is 19.6. The summed E-state index contributed by atoms with van der Waals surface area (Å²) in [5, 5.41) is 10.1. The van der Waals surface area contributed by atoms with Crippen LogP contribution in [0.5, 0.6) is 0 Å². The van der Waals surface area contributed by atoms with Crippen LogP contribution in [0, 0.1) is 6.92 Å². The lowest BCUT2D eigenvalue weighted by atomic mass is 10.1. The SMILES string of the molecule is Cc1ccc(-c2csc(NC(=O)c3cc(C4CC4)n(C(C)(C)C)n3)n2)s1. The topological polar surface area (TPSA) is 59.8 Å². The molecule has 7 heteroatoms. The zero-order valence-electron chi connectivity index (χ0n) is 15.4. The molecule has 1 fully saturated rings. The molecule has 1 aliphatic rings. The normalized spacial score (nSPS) is 14.6. The van der Waals surface area contributed by atoms with Gasteiger partial charge in [0.15, 0.2) is 10.8 Å². The Morgan fingerprint density at radius 1 is 1.31 bits per heavy atom. The van der Waals surface area contributed by atoms with Crippen molar-refractivity contribution in [3.05, 3.63) is 39.8 Å². The number of nitrogens with one attached hydrogen (secondary N) is 1. The summed E-state index contributed by atoms with van der Waals surface area (Å²) in [6.07, 6.45) is 2.36.